The monoisotopic (exact) mass is 286 g/mol. The standard InChI is InChI=1S/C14H11ClN4O/c1-8-9(2)18-19-12(13(20)17-14(19)16-8)7-10-4-3-5-11(15)6-10/h3-7H,1-2H3. The van der Waals surface area contributed by atoms with Gasteiger partial charge in [0, 0.05) is 5.02 Å². The van der Waals surface area contributed by atoms with Crippen molar-refractivity contribution in [1.82, 2.24) is 5.01 Å². The van der Waals surface area contributed by atoms with Gasteiger partial charge in [-0.3, -0.25) is 4.79 Å². The average Bonchev–Trinajstić information content (AvgIpc) is 2.67. The van der Waals surface area contributed by atoms with Crippen molar-refractivity contribution in [3.8, 4) is 0 Å². The molecule has 0 atom stereocenters. The third kappa shape index (κ3) is 2.16. The summed E-state index contributed by atoms with van der Waals surface area (Å²) < 4.78 is 0. The van der Waals surface area contributed by atoms with Gasteiger partial charge in [-0.05, 0) is 37.6 Å². The van der Waals surface area contributed by atoms with Crippen molar-refractivity contribution in [2.45, 2.75) is 13.8 Å². The number of hydrogen-bond donors (Lipinski definition) is 0. The van der Waals surface area contributed by atoms with Gasteiger partial charge in [0.25, 0.3) is 11.9 Å². The van der Waals surface area contributed by atoms with E-state index in [1.165, 1.54) is 5.01 Å². The highest BCUT2D eigenvalue weighted by Crippen LogP contribution is 2.23. The van der Waals surface area contributed by atoms with Crippen LogP contribution in [0.15, 0.2) is 45.0 Å². The summed E-state index contributed by atoms with van der Waals surface area (Å²) in [5, 5.41) is 6.42. The largest absolute Gasteiger partial charge is 0.299 e. The first-order valence-corrected chi connectivity index (χ1v) is 6.44. The molecule has 100 valence electrons. The molecule has 6 heteroatoms. The molecule has 0 saturated heterocycles. The van der Waals surface area contributed by atoms with Crippen molar-refractivity contribution >= 4 is 41.0 Å². The minimum Gasteiger partial charge on any atom is -0.265 e. The van der Waals surface area contributed by atoms with Gasteiger partial charge in [-0.15, -0.1) is 0 Å². The van der Waals surface area contributed by atoms with Crippen LogP contribution in [0.5, 0.6) is 0 Å². The Bertz CT molecular complexity index is 730. The number of nitrogens with zero attached hydrogens (tertiary/aromatic N) is 4. The summed E-state index contributed by atoms with van der Waals surface area (Å²) in [6.07, 6.45) is 1.71. The molecular weight excluding hydrogens is 276 g/mol. The Morgan fingerprint density at radius 2 is 2.00 bits per heavy atom. The van der Waals surface area contributed by atoms with Crippen LogP contribution in [0.2, 0.25) is 5.02 Å². The first kappa shape index (κ1) is 12.7. The Morgan fingerprint density at radius 3 is 2.75 bits per heavy atom. The summed E-state index contributed by atoms with van der Waals surface area (Å²) in [4.78, 5) is 20.1. The van der Waals surface area contributed by atoms with Crippen LogP contribution in [-0.4, -0.2) is 28.3 Å². The molecule has 0 aliphatic carbocycles. The Kier molecular flexibility index (Phi) is 2.99. The topological polar surface area (TPSA) is 57.4 Å². The molecule has 0 radical (unpaired) electrons. The smallest absolute Gasteiger partial charge is 0.265 e. The van der Waals surface area contributed by atoms with Gasteiger partial charge in [0.05, 0.1) is 11.4 Å². The van der Waals surface area contributed by atoms with Crippen molar-refractivity contribution in [2.75, 3.05) is 0 Å². The molecular formula is C14H11ClN4O. The van der Waals surface area contributed by atoms with Gasteiger partial charge < -0.3 is 0 Å². The molecule has 2 aliphatic rings. The molecule has 0 aromatic heterocycles. The molecule has 0 saturated carbocycles. The van der Waals surface area contributed by atoms with Crippen molar-refractivity contribution in [3.63, 3.8) is 0 Å². The van der Waals surface area contributed by atoms with Crippen LogP contribution in [0.1, 0.15) is 19.4 Å². The molecule has 0 unspecified atom stereocenters. The second-order valence-corrected chi connectivity index (χ2v) is 4.93. The molecule has 1 aromatic rings. The van der Waals surface area contributed by atoms with Crippen LogP contribution < -0.4 is 0 Å². The van der Waals surface area contributed by atoms with Gasteiger partial charge in [-0.25, -0.2) is 4.99 Å². The lowest BCUT2D eigenvalue weighted by molar-refractivity contribution is -0.114. The van der Waals surface area contributed by atoms with Gasteiger partial charge in [0.1, 0.15) is 5.70 Å². The Hall–Kier alpha value is -2.27. The SMILES string of the molecule is CC1=NC2=NC(=O)C(=Cc3cccc(Cl)c3)N2N=C1C. The maximum atomic E-state index is 12.0. The zero-order chi connectivity index (χ0) is 14.3. The Labute approximate surface area is 121 Å². The van der Waals surface area contributed by atoms with E-state index in [1.54, 1.807) is 18.2 Å². The van der Waals surface area contributed by atoms with Crippen LogP contribution in [0.3, 0.4) is 0 Å². The fourth-order valence-electron chi connectivity index (χ4n) is 1.90. The molecule has 2 heterocycles. The van der Waals surface area contributed by atoms with E-state index in [2.05, 4.69) is 15.1 Å². The lowest BCUT2D eigenvalue weighted by atomic mass is 10.2. The molecule has 5 nitrogen and oxygen atoms in total. The predicted molar refractivity (Wildman–Crippen MR) is 79.9 cm³/mol. The second kappa shape index (κ2) is 4.68. The van der Waals surface area contributed by atoms with Crippen LogP contribution in [0.4, 0.5) is 0 Å². The Balaban J connectivity index is 2.03. The summed E-state index contributed by atoms with van der Waals surface area (Å²) in [6, 6.07) is 7.23. The number of guanidine groups is 1. The zero-order valence-electron chi connectivity index (χ0n) is 11.0. The molecule has 2 aliphatic heterocycles. The number of aliphatic imine (C=N–C) groups is 2. The summed E-state index contributed by atoms with van der Waals surface area (Å²) >= 11 is 5.94. The average molecular weight is 287 g/mol. The van der Waals surface area contributed by atoms with Gasteiger partial charge >= 0.3 is 0 Å². The van der Waals surface area contributed by atoms with E-state index in [-0.39, 0.29) is 5.91 Å². The molecule has 3 rings (SSSR count). The first-order chi connectivity index (χ1) is 9.54. The van der Waals surface area contributed by atoms with E-state index in [0.717, 1.165) is 17.0 Å². The zero-order valence-corrected chi connectivity index (χ0v) is 11.7. The highest BCUT2D eigenvalue weighted by atomic mass is 35.5. The maximum absolute atomic E-state index is 12.0. The van der Waals surface area contributed by atoms with Crippen LogP contribution in [0, 0.1) is 0 Å². The number of halogens is 1. The van der Waals surface area contributed by atoms with Crippen molar-refractivity contribution in [2.24, 2.45) is 15.1 Å². The first-order valence-electron chi connectivity index (χ1n) is 6.06. The van der Waals surface area contributed by atoms with Gasteiger partial charge in [-0.1, -0.05) is 23.7 Å². The number of carbonyl (C=O) groups is 1. The van der Waals surface area contributed by atoms with Gasteiger partial charge in [-0.2, -0.15) is 15.1 Å². The van der Waals surface area contributed by atoms with E-state index in [0.29, 0.717) is 16.7 Å². The minimum absolute atomic E-state index is 0.311. The predicted octanol–water partition coefficient (Wildman–Crippen LogP) is 2.73. The fraction of sp³-hybridized carbons (Fsp3) is 0.143. The normalized spacial score (nSPS) is 19.8. The van der Waals surface area contributed by atoms with E-state index in [1.807, 2.05) is 26.0 Å². The lowest BCUT2D eigenvalue weighted by Crippen LogP contribution is -2.28. The molecule has 0 fully saturated rings. The van der Waals surface area contributed by atoms with Crippen LogP contribution in [-0.2, 0) is 4.79 Å². The highest BCUT2D eigenvalue weighted by Gasteiger charge is 2.32. The van der Waals surface area contributed by atoms with Crippen LogP contribution in [0.25, 0.3) is 6.08 Å². The summed E-state index contributed by atoms with van der Waals surface area (Å²) in [6.45, 7) is 3.68. The summed E-state index contributed by atoms with van der Waals surface area (Å²) in [5.74, 6) is -0.0404. The fourth-order valence-corrected chi connectivity index (χ4v) is 2.09. The number of hydrazone groups is 1. The van der Waals surface area contributed by atoms with Crippen molar-refractivity contribution in [3.05, 3.63) is 40.5 Å². The minimum atomic E-state index is -0.352. The molecule has 1 aromatic carbocycles. The number of rotatable bonds is 1. The van der Waals surface area contributed by atoms with E-state index in [4.69, 9.17) is 11.6 Å². The number of benzene rings is 1. The van der Waals surface area contributed by atoms with Crippen molar-refractivity contribution < 1.29 is 4.79 Å². The molecule has 0 bridgehead atoms. The number of amides is 1. The van der Waals surface area contributed by atoms with Gasteiger partial charge in [0.2, 0.25) is 0 Å². The second-order valence-electron chi connectivity index (χ2n) is 4.50. The third-order valence-corrected chi connectivity index (χ3v) is 3.27. The number of carbonyl (C=O) groups excluding carboxylic acids is 1. The lowest BCUT2D eigenvalue weighted by Gasteiger charge is -2.18. The van der Waals surface area contributed by atoms with E-state index < -0.39 is 0 Å². The molecule has 20 heavy (non-hydrogen) atoms. The Morgan fingerprint density at radius 1 is 1.20 bits per heavy atom. The number of hydrogen-bond acceptors (Lipinski definition) is 4. The maximum Gasteiger partial charge on any atom is 0.299 e. The van der Waals surface area contributed by atoms with E-state index >= 15 is 0 Å². The molecule has 1 amide bonds. The molecule has 0 N–H and O–H groups in total. The number of fused-ring (bicyclic) bond motifs is 1. The van der Waals surface area contributed by atoms with E-state index in [9.17, 15) is 4.79 Å². The van der Waals surface area contributed by atoms with Crippen molar-refractivity contribution in [1.29, 1.82) is 0 Å². The summed E-state index contributed by atoms with van der Waals surface area (Å²) in [5.41, 5.74) is 2.71. The molecule has 0 spiro atoms. The third-order valence-electron chi connectivity index (χ3n) is 3.03. The van der Waals surface area contributed by atoms with Crippen LogP contribution >= 0.6 is 11.6 Å². The van der Waals surface area contributed by atoms with Gasteiger partial charge in [0.15, 0.2) is 0 Å². The quantitative estimate of drug-likeness (QED) is 0.745. The summed E-state index contributed by atoms with van der Waals surface area (Å²) in [7, 11) is 0. The highest BCUT2D eigenvalue weighted by molar-refractivity contribution is 6.43.